The van der Waals surface area contributed by atoms with Crippen molar-refractivity contribution in [3.8, 4) is 11.3 Å². The Balaban J connectivity index is 1.61. The van der Waals surface area contributed by atoms with Crippen molar-refractivity contribution in [2.24, 2.45) is 0 Å². The largest absolute Gasteiger partial charge is 0.378 e. The van der Waals surface area contributed by atoms with Gasteiger partial charge in [-0.2, -0.15) is 0 Å². The number of rotatable bonds is 3. The minimum Gasteiger partial charge on any atom is -0.378 e. The van der Waals surface area contributed by atoms with Crippen LogP contribution in [-0.4, -0.2) is 28.1 Å². The average molecular weight is 392 g/mol. The number of hydrogen-bond acceptors (Lipinski definition) is 4. The fraction of sp³-hybridized carbons (Fsp3) is 0.273. The highest BCUT2D eigenvalue weighted by Gasteiger charge is 2.26. The van der Waals surface area contributed by atoms with Gasteiger partial charge in [0.1, 0.15) is 0 Å². The van der Waals surface area contributed by atoms with Crippen molar-refractivity contribution >= 4 is 22.9 Å². The first kappa shape index (κ1) is 17.5. The molecular formula is C22H22ClN5. The summed E-state index contributed by atoms with van der Waals surface area (Å²) in [6.07, 6.45) is 3.20. The van der Waals surface area contributed by atoms with Crippen LogP contribution in [0.15, 0.2) is 48.5 Å². The average Bonchev–Trinajstić information content (AvgIpc) is 3.32. The van der Waals surface area contributed by atoms with Crippen LogP contribution in [0.3, 0.4) is 0 Å². The first-order chi connectivity index (χ1) is 13.7. The first-order valence-corrected chi connectivity index (χ1v) is 10.0. The molecule has 1 aromatic heterocycles. The quantitative estimate of drug-likeness (QED) is 0.692. The highest BCUT2D eigenvalue weighted by atomic mass is 35.5. The number of aromatic nitrogens is 3. The van der Waals surface area contributed by atoms with E-state index in [1.54, 1.807) is 0 Å². The topological polar surface area (TPSA) is 54.8 Å². The molecule has 142 valence electrons. The molecule has 0 radical (unpaired) electrons. The van der Waals surface area contributed by atoms with Crippen molar-refractivity contribution in [2.45, 2.75) is 25.9 Å². The molecule has 1 unspecified atom stereocenters. The summed E-state index contributed by atoms with van der Waals surface area (Å²) in [7, 11) is 0. The molecule has 28 heavy (non-hydrogen) atoms. The van der Waals surface area contributed by atoms with Crippen LogP contribution in [0, 0.1) is 6.92 Å². The molecule has 0 amide bonds. The predicted molar refractivity (Wildman–Crippen MR) is 113 cm³/mol. The standard InChI is InChI=1S/C22H22ClN5/c1-14-22-19-6-5-15(16-7-9-24-13-16)11-20(19)21(8-10-28(22)27-26-14)25-18-4-2-3-17(23)12-18/h2-7,11-12,21,24-25H,8-10,13H2,1H3. The van der Waals surface area contributed by atoms with Gasteiger partial charge in [0.25, 0.3) is 0 Å². The second-order valence-corrected chi connectivity index (χ2v) is 7.84. The van der Waals surface area contributed by atoms with E-state index in [0.717, 1.165) is 48.2 Å². The lowest BCUT2D eigenvalue weighted by Gasteiger charge is -2.22. The minimum atomic E-state index is 0.171. The molecule has 0 saturated carbocycles. The Morgan fingerprint density at radius 2 is 2.14 bits per heavy atom. The predicted octanol–water partition coefficient (Wildman–Crippen LogP) is 4.45. The van der Waals surface area contributed by atoms with Gasteiger partial charge in [-0.3, -0.25) is 0 Å². The molecule has 0 aliphatic carbocycles. The molecule has 6 heteroatoms. The van der Waals surface area contributed by atoms with E-state index in [2.05, 4.69) is 51.3 Å². The molecule has 0 saturated heterocycles. The Morgan fingerprint density at radius 3 is 2.96 bits per heavy atom. The van der Waals surface area contributed by atoms with E-state index >= 15 is 0 Å². The van der Waals surface area contributed by atoms with Gasteiger partial charge in [0, 0.05) is 35.9 Å². The SMILES string of the molecule is Cc1nnn2c1-c1ccc(C3=CCNC3)cc1C(Nc1cccc(Cl)c1)CC2. The third-order valence-corrected chi connectivity index (χ3v) is 5.79. The van der Waals surface area contributed by atoms with Gasteiger partial charge >= 0.3 is 0 Å². The number of hydrogen-bond donors (Lipinski definition) is 2. The monoisotopic (exact) mass is 391 g/mol. The van der Waals surface area contributed by atoms with Crippen LogP contribution in [0.4, 0.5) is 5.69 Å². The van der Waals surface area contributed by atoms with Crippen LogP contribution in [0.25, 0.3) is 16.8 Å². The molecule has 0 fully saturated rings. The maximum Gasteiger partial charge on any atom is 0.0918 e. The number of halogens is 1. The van der Waals surface area contributed by atoms with Crippen LogP contribution in [0.2, 0.25) is 5.02 Å². The summed E-state index contributed by atoms with van der Waals surface area (Å²) in [5.41, 5.74) is 8.25. The number of nitrogens with one attached hydrogen (secondary N) is 2. The van der Waals surface area contributed by atoms with E-state index in [0.29, 0.717) is 0 Å². The molecule has 2 aliphatic rings. The van der Waals surface area contributed by atoms with Gasteiger partial charge < -0.3 is 10.6 Å². The second-order valence-electron chi connectivity index (χ2n) is 7.40. The second kappa shape index (κ2) is 7.08. The van der Waals surface area contributed by atoms with Crippen LogP contribution in [-0.2, 0) is 6.54 Å². The highest BCUT2D eigenvalue weighted by molar-refractivity contribution is 6.30. The van der Waals surface area contributed by atoms with Gasteiger partial charge in [-0.1, -0.05) is 41.1 Å². The van der Waals surface area contributed by atoms with E-state index in [-0.39, 0.29) is 6.04 Å². The maximum absolute atomic E-state index is 6.21. The van der Waals surface area contributed by atoms with Crippen molar-refractivity contribution in [2.75, 3.05) is 18.4 Å². The van der Waals surface area contributed by atoms with Crippen molar-refractivity contribution < 1.29 is 0 Å². The van der Waals surface area contributed by atoms with Gasteiger partial charge in [0.2, 0.25) is 0 Å². The molecule has 0 bridgehead atoms. The van der Waals surface area contributed by atoms with E-state index < -0.39 is 0 Å². The Bertz CT molecular complexity index is 1070. The smallest absolute Gasteiger partial charge is 0.0918 e. The molecule has 1 atom stereocenters. The Labute approximate surface area is 169 Å². The Morgan fingerprint density at radius 1 is 1.21 bits per heavy atom. The van der Waals surface area contributed by atoms with Crippen molar-refractivity contribution in [3.63, 3.8) is 0 Å². The third kappa shape index (κ3) is 3.11. The summed E-state index contributed by atoms with van der Waals surface area (Å²) in [5.74, 6) is 0. The van der Waals surface area contributed by atoms with E-state index in [9.17, 15) is 0 Å². The summed E-state index contributed by atoms with van der Waals surface area (Å²) in [4.78, 5) is 0. The molecule has 5 rings (SSSR count). The molecule has 3 aromatic rings. The van der Waals surface area contributed by atoms with Crippen LogP contribution >= 0.6 is 11.6 Å². The summed E-state index contributed by atoms with van der Waals surface area (Å²) in [6, 6.07) is 14.9. The number of fused-ring (bicyclic) bond motifs is 3. The van der Waals surface area contributed by atoms with E-state index in [1.807, 2.05) is 29.8 Å². The molecule has 2 N–H and O–H groups in total. The van der Waals surface area contributed by atoms with Crippen molar-refractivity contribution in [3.05, 3.63) is 70.4 Å². The number of aryl methyl sites for hydroxylation is 2. The summed E-state index contributed by atoms with van der Waals surface area (Å²) in [6.45, 7) is 4.71. The van der Waals surface area contributed by atoms with Crippen LogP contribution in [0.5, 0.6) is 0 Å². The summed E-state index contributed by atoms with van der Waals surface area (Å²) in [5, 5.41) is 16.5. The first-order valence-electron chi connectivity index (χ1n) is 9.66. The van der Waals surface area contributed by atoms with E-state index in [4.69, 9.17) is 11.6 Å². The highest BCUT2D eigenvalue weighted by Crippen LogP contribution is 2.38. The lowest BCUT2D eigenvalue weighted by atomic mass is 9.92. The van der Waals surface area contributed by atoms with Gasteiger partial charge in [-0.05, 0) is 54.3 Å². The zero-order valence-electron chi connectivity index (χ0n) is 15.7. The normalized spacial score (nSPS) is 18.2. The zero-order chi connectivity index (χ0) is 19.1. The molecular weight excluding hydrogens is 370 g/mol. The molecule has 3 heterocycles. The summed E-state index contributed by atoms with van der Waals surface area (Å²) < 4.78 is 2.03. The molecule has 2 aromatic carbocycles. The van der Waals surface area contributed by atoms with Gasteiger partial charge in [0.05, 0.1) is 17.4 Å². The van der Waals surface area contributed by atoms with Crippen molar-refractivity contribution in [1.29, 1.82) is 0 Å². The molecule has 2 aliphatic heterocycles. The zero-order valence-corrected chi connectivity index (χ0v) is 16.5. The van der Waals surface area contributed by atoms with Gasteiger partial charge in [-0.25, -0.2) is 4.68 Å². The fourth-order valence-electron chi connectivity index (χ4n) is 4.19. The number of benzene rings is 2. The Kier molecular flexibility index (Phi) is 4.41. The minimum absolute atomic E-state index is 0.171. The third-order valence-electron chi connectivity index (χ3n) is 5.56. The molecule has 5 nitrogen and oxygen atoms in total. The lowest BCUT2D eigenvalue weighted by Crippen LogP contribution is -2.13. The maximum atomic E-state index is 6.21. The number of anilines is 1. The Hall–Kier alpha value is -2.63. The fourth-order valence-corrected chi connectivity index (χ4v) is 4.38. The van der Waals surface area contributed by atoms with Gasteiger partial charge in [-0.15, -0.1) is 5.10 Å². The molecule has 0 spiro atoms. The lowest BCUT2D eigenvalue weighted by molar-refractivity contribution is 0.539. The van der Waals surface area contributed by atoms with Gasteiger partial charge in [0.15, 0.2) is 0 Å². The number of nitrogens with zero attached hydrogens (tertiary/aromatic N) is 3. The van der Waals surface area contributed by atoms with Crippen LogP contribution in [0.1, 0.15) is 29.3 Å². The van der Waals surface area contributed by atoms with Crippen molar-refractivity contribution in [1.82, 2.24) is 20.3 Å². The van der Waals surface area contributed by atoms with E-state index in [1.165, 1.54) is 22.3 Å². The van der Waals surface area contributed by atoms with Crippen LogP contribution < -0.4 is 10.6 Å². The summed E-state index contributed by atoms with van der Waals surface area (Å²) >= 11 is 6.21.